The summed E-state index contributed by atoms with van der Waals surface area (Å²) in [7, 11) is 1.61. The number of hydrogen-bond acceptors (Lipinski definition) is 4. The van der Waals surface area contributed by atoms with Crippen molar-refractivity contribution in [1.29, 1.82) is 5.41 Å². The van der Waals surface area contributed by atoms with Crippen molar-refractivity contribution in [3.05, 3.63) is 18.2 Å². The Labute approximate surface area is 101 Å². The fourth-order valence-electron chi connectivity index (χ4n) is 1.79. The molecule has 0 atom stereocenters. The minimum absolute atomic E-state index is 0.221. The molecule has 1 aromatic heterocycles. The van der Waals surface area contributed by atoms with Crippen LogP contribution in [0.15, 0.2) is 18.2 Å². The number of rotatable bonds is 6. The normalized spacial score (nSPS) is 14.4. The number of aromatic nitrogens is 1. The number of amidine groups is 1. The highest BCUT2D eigenvalue weighted by Gasteiger charge is 2.29. The highest BCUT2D eigenvalue weighted by molar-refractivity contribution is 5.77. The summed E-state index contributed by atoms with van der Waals surface area (Å²) in [4.78, 5) is 6.64. The second-order valence-electron chi connectivity index (χ2n) is 4.24. The predicted molar refractivity (Wildman–Crippen MR) is 67.7 cm³/mol. The molecule has 0 radical (unpaired) electrons. The lowest BCUT2D eigenvalue weighted by molar-refractivity contribution is 0.398. The lowest BCUT2D eigenvalue weighted by Gasteiger charge is -2.23. The van der Waals surface area contributed by atoms with Gasteiger partial charge in [0.25, 0.3) is 0 Å². The quantitative estimate of drug-likeness (QED) is 0.576. The van der Waals surface area contributed by atoms with E-state index in [9.17, 15) is 0 Å². The lowest BCUT2D eigenvalue weighted by atomic mass is 10.3. The first kappa shape index (κ1) is 11.7. The van der Waals surface area contributed by atoms with Crippen molar-refractivity contribution in [2.75, 3.05) is 18.6 Å². The molecule has 1 saturated carbocycles. The largest absolute Gasteiger partial charge is 0.481 e. The van der Waals surface area contributed by atoms with Gasteiger partial charge in [-0.2, -0.15) is 4.98 Å². The van der Waals surface area contributed by atoms with E-state index in [2.05, 4.69) is 9.88 Å². The highest BCUT2D eigenvalue weighted by Crippen LogP contribution is 2.31. The topological polar surface area (TPSA) is 75.2 Å². The summed E-state index contributed by atoms with van der Waals surface area (Å²) >= 11 is 0. The Morgan fingerprint density at radius 3 is 2.94 bits per heavy atom. The Bertz CT molecular complexity index is 403. The number of methoxy groups -OCH3 is 1. The van der Waals surface area contributed by atoms with Crippen LogP contribution >= 0.6 is 0 Å². The minimum atomic E-state index is 0.221. The molecule has 0 aromatic carbocycles. The fourth-order valence-corrected chi connectivity index (χ4v) is 1.79. The first-order valence-corrected chi connectivity index (χ1v) is 5.81. The van der Waals surface area contributed by atoms with Crippen LogP contribution in [0.2, 0.25) is 0 Å². The van der Waals surface area contributed by atoms with E-state index in [0.717, 1.165) is 12.4 Å². The smallest absolute Gasteiger partial charge is 0.214 e. The summed E-state index contributed by atoms with van der Waals surface area (Å²) in [5.74, 6) is 1.75. The van der Waals surface area contributed by atoms with Crippen molar-refractivity contribution in [2.24, 2.45) is 5.73 Å². The van der Waals surface area contributed by atoms with Crippen LogP contribution in [0.25, 0.3) is 0 Å². The van der Waals surface area contributed by atoms with Gasteiger partial charge in [0.2, 0.25) is 5.88 Å². The van der Waals surface area contributed by atoms with Gasteiger partial charge in [-0.3, -0.25) is 5.41 Å². The van der Waals surface area contributed by atoms with Crippen molar-refractivity contribution >= 4 is 11.7 Å². The third-order valence-electron chi connectivity index (χ3n) is 2.82. The summed E-state index contributed by atoms with van der Waals surface area (Å²) in [5.41, 5.74) is 5.41. The van der Waals surface area contributed by atoms with Crippen molar-refractivity contribution < 1.29 is 4.74 Å². The Morgan fingerprint density at radius 1 is 1.59 bits per heavy atom. The number of hydrogen-bond donors (Lipinski definition) is 2. The van der Waals surface area contributed by atoms with E-state index in [4.69, 9.17) is 15.9 Å². The van der Waals surface area contributed by atoms with Crippen molar-refractivity contribution in [3.63, 3.8) is 0 Å². The number of nitrogens with one attached hydrogen (secondary N) is 1. The van der Waals surface area contributed by atoms with Crippen LogP contribution < -0.4 is 15.4 Å². The first-order valence-electron chi connectivity index (χ1n) is 5.81. The first-order chi connectivity index (χ1) is 8.20. The number of nitrogens with zero attached hydrogens (tertiary/aromatic N) is 2. The molecule has 1 aliphatic rings. The summed E-state index contributed by atoms with van der Waals surface area (Å²) in [6, 6.07) is 6.29. The summed E-state index contributed by atoms with van der Waals surface area (Å²) in [6.07, 6.45) is 2.96. The molecule has 0 spiro atoms. The van der Waals surface area contributed by atoms with Crippen LogP contribution in [0.3, 0.4) is 0 Å². The zero-order valence-corrected chi connectivity index (χ0v) is 10.0. The Balaban J connectivity index is 2.10. The van der Waals surface area contributed by atoms with E-state index in [0.29, 0.717) is 18.3 Å². The van der Waals surface area contributed by atoms with Crippen LogP contribution in [0.4, 0.5) is 5.82 Å². The average molecular weight is 234 g/mol. The molecule has 1 heterocycles. The molecule has 1 fully saturated rings. The van der Waals surface area contributed by atoms with Crippen LogP contribution in [-0.2, 0) is 0 Å². The summed E-state index contributed by atoms with van der Waals surface area (Å²) in [6.45, 7) is 0.750. The summed E-state index contributed by atoms with van der Waals surface area (Å²) in [5, 5.41) is 7.30. The van der Waals surface area contributed by atoms with Gasteiger partial charge in [-0.1, -0.05) is 6.07 Å². The molecule has 92 valence electrons. The molecule has 0 aliphatic heterocycles. The van der Waals surface area contributed by atoms with Crippen LogP contribution in [0.5, 0.6) is 5.88 Å². The van der Waals surface area contributed by atoms with Gasteiger partial charge >= 0.3 is 0 Å². The van der Waals surface area contributed by atoms with Crippen molar-refractivity contribution in [1.82, 2.24) is 4.98 Å². The van der Waals surface area contributed by atoms with E-state index in [1.54, 1.807) is 7.11 Å². The highest BCUT2D eigenvalue weighted by atomic mass is 16.5. The predicted octanol–water partition coefficient (Wildman–Crippen LogP) is 1.39. The van der Waals surface area contributed by atoms with Crippen LogP contribution in [0.1, 0.15) is 19.3 Å². The third-order valence-corrected chi connectivity index (χ3v) is 2.82. The standard InChI is InChI=1S/C12H18N4O/c1-17-12-4-2-3-11(15-12)16(9-5-6-9)8-7-10(13)14/h2-4,9H,5-8H2,1H3,(H3,13,14). The van der Waals surface area contributed by atoms with Crippen LogP contribution in [-0.4, -0.2) is 30.5 Å². The molecular weight excluding hydrogens is 216 g/mol. The molecule has 0 saturated heterocycles. The monoisotopic (exact) mass is 234 g/mol. The zero-order valence-electron chi connectivity index (χ0n) is 10.0. The maximum absolute atomic E-state index is 7.30. The van der Waals surface area contributed by atoms with Gasteiger partial charge in [0.1, 0.15) is 5.82 Å². The Kier molecular flexibility index (Phi) is 3.46. The Hall–Kier alpha value is -1.78. The van der Waals surface area contributed by atoms with E-state index in [1.807, 2.05) is 18.2 Å². The molecule has 3 N–H and O–H groups in total. The SMILES string of the molecule is COc1cccc(N(CCC(=N)N)C2CC2)n1. The molecule has 1 aliphatic carbocycles. The molecule has 1 aromatic rings. The number of pyridine rings is 1. The van der Waals surface area contributed by atoms with E-state index >= 15 is 0 Å². The molecule has 0 bridgehead atoms. The van der Waals surface area contributed by atoms with Gasteiger partial charge in [0.05, 0.1) is 12.9 Å². The number of ether oxygens (including phenoxy) is 1. The lowest BCUT2D eigenvalue weighted by Crippen LogP contribution is -2.30. The molecule has 5 heteroatoms. The van der Waals surface area contributed by atoms with E-state index < -0.39 is 0 Å². The fraction of sp³-hybridized carbons (Fsp3) is 0.500. The van der Waals surface area contributed by atoms with Gasteiger partial charge in [-0.15, -0.1) is 0 Å². The molecule has 2 rings (SSSR count). The molecular formula is C12H18N4O. The molecule has 0 amide bonds. The van der Waals surface area contributed by atoms with Gasteiger partial charge < -0.3 is 15.4 Å². The third kappa shape index (κ3) is 3.09. The second-order valence-corrected chi connectivity index (χ2v) is 4.24. The minimum Gasteiger partial charge on any atom is -0.481 e. The number of anilines is 1. The zero-order chi connectivity index (χ0) is 12.3. The van der Waals surface area contributed by atoms with Crippen LogP contribution in [0, 0.1) is 5.41 Å². The number of nitrogens with two attached hydrogens (primary N) is 1. The van der Waals surface area contributed by atoms with Gasteiger partial charge in [0.15, 0.2) is 0 Å². The van der Waals surface area contributed by atoms with Gasteiger partial charge in [-0.25, -0.2) is 0 Å². The maximum atomic E-state index is 7.30. The van der Waals surface area contributed by atoms with E-state index in [-0.39, 0.29) is 5.84 Å². The van der Waals surface area contributed by atoms with Crippen molar-refractivity contribution in [3.8, 4) is 5.88 Å². The Morgan fingerprint density at radius 2 is 2.35 bits per heavy atom. The second kappa shape index (κ2) is 5.03. The van der Waals surface area contributed by atoms with E-state index in [1.165, 1.54) is 12.8 Å². The molecule has 5 nitrogen and oxygen atoms in total. The molecule has 17 heavy (non-hydrogen) atoms. The maximum Gasteiger partial charge on any atom is 0.214 e. The van der Waals surface area contributed by atoms with Gasteiger partial charge in [0, 0.05) is 25.1 Å². The average Bonchev–Trinajstić information content (AvgIpc) is 3.14. The van der Waals surface area contributed by atoms with Gasteiger partial charge in [-0.05, 0) is 18.9 Å². The molecule has 0 unspecified atom stereocenters. The van der Waals surface area contributed by atoms with Crippen molar-refractivity contribution in [2.45, 2.75) is 25.3 Å². The summed E-state index contributed by atoms with van der Waals surface area (Å²) < 4.78 is 5.13.